The standard InChI is InChI=1S/C28H20N3O/c1-17-12-13-31(3)24(14-17)25-18(2)4-10-22-23-11-9-21(16-30)26(28(23)32-27(22)25)20-7-5-19(15-29)6-8-20/h4-14H,1-3H3/q+1/i1D3,13D. The molecule has 5 rings (SSSR count). The van der Waals surface area contributed by atoms with Crippen molar-refractivity contribution in [3.63, 3.8) is 0 Å². The molecule has 0 fully saturated rings. The van der Waals surface area contributed by atoms with E-state index in [1.165, 1.54) is 6.07 Å². The highest BCUT2D eigenvalue weighted by Crippen LogP contribution is 2.41. The monoisotopic (exact) mass is 418 g/mol. The number of aryl methyl sites for hydroxylation is 2. The van der Waals surface area contributed by atoms with Gasteiger partial charge in [0.1, 0.15) is 19.6 Å². The van der Waals surface area contributed by atoms with Crippen molar-refractivity contribution in [3.05, 3.63) is 89.1 Å². The van der Waals surface area contributed by atoms with Gasteiger partial charge < -0.3 is 4.42 Å². The van der Waals surface area contributed by atoms with E-state index in [2.05, 4.69) is 12.1 Å². The van der Waals surface area contributed by atoms with Crippen LogP contribution in [0.2, 0.25) is 0 Å². The molecule has 4 heteroatoms. The van der Waals surface area contributed by atoms with Crippen LogP contribution in [0, 0.1) is 36.4 Å². The molecule has 0 bridgehead atoms. The predicted octanol–water partition coefficient (Wildman–Crippen LogP) is 6.10. The van der Waals surface area contributed by atoms with Gasteiger partial charge in [-0.25, -0.2) is 4.57 Å². The second-order valence-electron chi connectivity index (χ2n) is 7.72. The van der Waals surface area contributed by atoms with E-state index >= 15 is 0 Å². The molecular formula is C28H20N3O+. The molecule has 0 aliphatic carbocycles. The number of pyridine rings is 1. The van der Waals surface area contributed by atoms with E-state index in [1.54, 1.807) is 48.0 Å². The van der Waals surface area contributed by atoms with Gasteiger partial charge in [-0.15, -0.1) is 0 Å². The number of furan rings is 1. The minimum Gasteiger partial charge on any atom is -0.454 e. The van der Waals surface area contributed by atoms with Gasteiger partial charge in [0.15, 0.2) is 6.17 Å². The molecule has 152 valence electrons. The Morgan fingerprint density at radius 3 is 2.31 bits per heavy atom. The average molecular weight is 419 g/mol. The molecule has 0 N–H and O–H groups in total. The molecule has 0 saturated carbocycles. The second kappa shape index (κ2) is 7.38. The van der Waals surface area contributed by atoms with Crippen LogP contribution in [0.3, 0.4) is 0 Å². The van der Waals surface area contributed by atoms with E-state index in [4.69, 9.17) is 9.90 Å². The Bertz CT molecular complexity index is 1770. The van der Waals surface area contributed by atoms with E-state index in [9.17, 15) is 10.5 Å². The zero-order valence-electron chi connectivity index (χ0n) is 21.5. The molecule has 0 radical (unpaired) electrons. The minimum absolute atomic E-state index is 0.0659. The van der Waals surface area contributed by atoms with Crippen molar-refractivity contribution in [2.75, 3.05) is 0 Å². The van der Waals surface area contributed by atoms with Gasteiger partial charge in [0.2, 0.25) is 5.69 Å². The van der Waals surface area contributed by atoms with Gasteiger partial charge in [-0.2, -0.15) is 10.5 Å². The highest BCUT2D eigenvalue weighted by atomic mass is 16.3. The van der Waals surface area contributed by atoms with Crippen molar-refractivity contribution in [1.29, 1.82) is 10.5 Å². The highest BCUT2D eigenvalue weighted by molar-refractivity contribution is 6.14. The first-order valence-electron chi connectivity index (χ1n) is 12.0. The van der Waals surface area contributed by atoms with Crippen LogP contribution >= 0.6 is 0 Å². The lowest BCUT2D eigenvalue weighted by molar-refractivity contribution is -0.660. The summed E-state index contributed by atoms with van der Waals surface area (Å²) in [6.45, 7) is -0.450. The Balaban J connectivity index is 1.88. The maximum absolute atomic E-state index is 9.84. The molecule has 0 aliphatic rings. The van der Waals surface area contributed by atoms with Crippen LogP contribution in [0.15, 0.2) is 71.3 Å². The quantitative estimate of drug-likeness (QED) is 0.325. The number of nitriles is 2. The van der Waals surface area contributed by atoms with E-state index in [0.29, 0.717) is 39.1 Å². The smallest absolute Gasteiger partial charge is 0.216 e. The van der Waals surface area contributed by atoms with Gasteiger partial charge in [0.05, 0.1) is 28.8 Å². The highest BCUT2D eigenvalue weighted by Gasteiger charge is 2.23. The normalized spacial score (nSPS) is 13.1. The molecule has 0 unspecified atom stereocenters. The first-order valence-corrected chi connectivity index (χ1v) is 10.0. The van der Waals surface area contributed by atoms with Crippen LogP contribution in [0.25, 0.3) is 44.3 Å². The Morgan fingerprint density at radius 2 is 1.62 bits per heavy atom. The SMILES string of the molecule is [2H]c1cc(C([2H])([2H])[2H])cc(-c2c(C)ccc3c2oc2c(-c4ccc(C#N)cc4)c(C#N)ccc23)[n+]1C. The molecule has 5 aromatic rings. The number of benzene rings is 3. The number of hydrogen-bond donors (Lipinski definition) is 0. The third kappa shape index (κ3) is 2.94. The van der Waals surface area contributed by atoms with E-state index in [1.807, 2.05) is 25.1 Å². The summed E-state index contributed by atoms with van der Waals surface area (Å²) in [5.74, 6) is 0. The van der Waals surface area contributed by atoms with Gasteiger partial charge in [-0.05, 0) is 54.7 Å². The molecule has 3 aromatic carbocycles. The van der Waals surface area contributed by atoms with Crippen LogP contribution in [0.4, 0.5) is 0 Å². The van der Waals surface area contributed by atoms with Crippen LogP contribution in [-0.2, 0) is 7.05 Å². The van der Waals surface area contributed by atoms with Crippen molar-refractivity contribution in [2.24, 2.45) is 7.05 Å². The summed E-state index contributed by atoms with van der Waals surface area (Å²) in [6, 6.07) is 21.8. The Kier molecular flexibility index (Phi) is 3.55. The molecule has 2 aromatic heterocycles. The minimum atomic E-state index is -2.36. The third-order valence-corrected chi connectivity index (χ3v) is 5.76. The summed E-state index contributed by atoms with van der Waals surface area (Å²) < 4.78 is 40.1. The molecule has 0 saturated heterocycles. The van der Waals surface area contributed by atoms with Crippen molar-refractivity contribution in [1.82, 2.24) is 0 Å². The number of aromatic nitrogens is 1. The molecule has 0 spiro atoms. The Labute approximate surface area is 191 Å². The first kappa shape index (κ1) is 15.4. The summed E-state index contributed by atoms with van der Waals surface area (Å²) in [5.41, 5.74) is 5.59. The van der Waals surface area contributed by atoms with Gasteiger partial charge >= 0.3 is 0 Å². The van der Waals surface area contributed by atoms with Crippen LogP contribution < -0.4 is 4.57 Å². The fourth-order valence-corrected chi connectivity index (χ4v) is 4.17. The summed E-state index contributed by atoms with van der Waals surface area (Å²) in [4.78, 5) is 0. The molecular weight excluding hydrogens is 394 g/mol. The largest absolute Gasteiger partial charge is 0.454 e. The Morgan fingerprint density at radius 1 is 0.906 bits per heavy atom. The number of fused-ring (bicyclic) bond motifs is 3. The predicted molar refractivity (Wildman–Crippen MR) is 125 cm³/mol. The zero-order chi connectivity index (χ0) is 25.8. The van der Waals surface area contributed by atoms with Gasteiger partial charge in [0.25, 0.3) is 0 Å². The van der Waals surface area contributed by atoms with E-state index in [-0.39, 0.29) is 11.7 Å². The average Bonchev–Trinajstić information content (AvgIpc) is 3.23. The fourth-order valence-electron chi connectivity index (χ4n) is 4.17. The van der Waals surface area contributed by atoms with Crippen molar-refractivity contribution in [3.8, 4) is 34.5 Å². The van der Waals surface area contributed by atoms with Gasteiger partial charge in [-0.3, -0.25) is 0 Å². The van der Waals surface area contributed by atoms with Crippen molar-refractivity contribution < 1.29 is 14.5 Å². The molecule has 0 amide bonds. The summed E-state index contributed by atoms with van der Waals surface area (Å²) in [6.07, 6.45) is 0.0659. The maximum atomic E-state index is 9.84. The second-order valence-corrected chi connectivity index (χ2v) is 7.72. The zero-order valence-corrected chi connectivity index (χ0v) is 17.5. The Hall–Kier alpha value is -4.41. The van der Waals surface area contributed by atoms with E-state index in [0.717, 1.165) is 21.9 Å². The van der Waals surface area contributed by atoms with Crippen LogP contribution in [0.5, 0.6) is 0 Å². The summed E-state index contributed by atoms with van der Waals surface area (Å²) >= 11 is 0. The topological polar surface area (TPSA) is 64.6 Å². The summed E-state index contributed by atoms with van der Waals surface area (Å²) in [7, 11) is 1.72. The molecule has 0 atom stereocenters. The van der Waals surface area contributed by atoms with Crippen LogP contribution in [0.1, 0.15) is 27.7 Å². The number of rotatable bonds is 2. The number of nitrogens with zero attached hydrogens (tertiary/aromatic N) is 3. The molecule has 2 heterocycles. The lowest BCUT2D eigenvalue weighted by Crippen LogP contribution is -2.30. The lowest BCUT2D eigenvalue weighted by Gasteiger charge is -2.06. The van der Waals surface area contributed by atoms with Crippen LogP contribution in [-0.4, -0.2) is 0 Å². The van der Waals surface area contributed by atoms with Crippen molar-refractivity contribution in [2.45, 2.75) is 13.8 Å². The summed E-state index contributed by atoms with van der Waals surface area (Å²) in [5, 5.41) is 20.6. The molecule has 32 heavy (non-hydrogen) atoms. The van der Waals surface area contributed by atoms with Gasteiger partial charge in [-0.1, -0.05) is 24.3 Å². The van der Waals surface area contributed by atoms with E-state index < -0.39 is 6.85 Å². The van der Waals surface area contributed by atoms with Crippen molar-refractivity contribution >= 4 is 21.9 Å². The number of hydrogen-bond acceptors (Lipinski definition) is 3. The lowest BCUT2D eigenvalue weighted by atomic mass is 9.95. The fraction of sp³-hybridized carbons (Fsp3) is 0.107. The maximum Gasteiger partial charge on any atom is 0.216 e. The molecule has 0 aliphatic heterocycles. The molecule has 4 nitrogen and oxygen atoms in total. The third-order valence-electron chi connectivity index (χ3n) is 5.76. The van der Waals surface area contributed by atoms with Gasteiger partial charge in [0, 0.05) is 32.6 Å². The first-order chi connectivity index (χ1) is 17.1.